The molecule has 11 heavy (non-hydrogen) atoms. The van der Waals surface area contributed by atoms with E-state index in [1.165, 1.54) is 0 Å². The fourth-order valence-electron chi connectivity index (χ4n) is 1.10. The number of hydrogen-bond acceptors (Lipinski definition) is 2. The van der Waals surface area contributed by atoms with Gasteiger partial charge in [0.05, 0.1) is 11.7 Å². The molecule has 0 aromatic rings. The Kier molecular flexibility index (Phi) is 2.68. The molecule has 1 aliphatic rings. The first-order valence-corrected chi connectivity index (χ1v) is 4.11. The molecular formula is C9H16O2. The molecule has 0 aromatic heterocycles. The molecule has 0 saturated carbocycles. The molecule has 1 fully saturated rings. The SMILES string of the molecule is CC(C)(O)/C=C/C1CCCO1. The van der Waals surface area contributed by atoms with Gasteiger partial charge in [-0.1, -0.05) is 12.2 Å². The van der Waals surface area contributed by atoms with Crippen LogP contribution in [0, 0.1) is 0 Å². The first-order chi connectivity index (χ1) is 5.08. The first-order valence-electron chi connectivity index (χ1n) is 4.11. The zero-order valence-electron chi connectivity index (χ0n) is 7.21. The lowest BCUT2D eigenvalue weighted by Gasteiger charge is -2.11. The fourth-order valence-corrected chi connectivity index (χ4v) is 1.10. The highest BCUT2D eigenvalue weighted by Gasteiger charge is 2.13. The summed E-state index contributed by atoms with van der Waals surface area (Å²) in [5.74, 6) is 0. The number of aliphatic hydroxyl groups is 1. The second-order valence-corrected chi connectivity index (χ2v) is 3.56. The monoisotopic (exact) mass is 156 g/mol. The van der Waals surface area contributed by atoms with Gasteiger partial charge in [0.15, 0.2) is 0 Å². The van der Waals surface area contributed by atoms with Gasteiger partial charge in [-0.3, -0.25) is 0 Å². The Labute approximate surface area is 67.9 Å². The smallest absolute Gasteiger partial charge is 0.0772 e. The maximum Gasteiger partial charge on any atom is 0.0772 e. The summed E-state index contributed by atoms with van der Waals surface area (Å²) in [5, 5.41) is 9.34. The summed E-state index contributed by atoms with van der Waals surface area (Å²) in [5.41, 5.74) is -0.702. The van der Waals surface area contributed by atoms with E-state index in [-0.39, 0.29) is 6.10 Å². The molecular weight excluding hydrogens is 140 g/mol. The van der Waals surface area contributed by atoms with E-state index in [1.807, 2.05) is 6.08 Å². The Balaban J connectivity index is 2.34. The molecule has 1 heterocycles. The molecule has 64 valence electrons. The minimum atomic E-state index is -0.702. The van der Waals surface area contributed by atoms with Crippen LogP contribution in [0.5, 0.6) is 0 Å². The molecule has 2 nitrogen and oxygen atoms in total. The third-order valence-corrected chi connectivity index (χ3v) is 1.68. The summed E-state index contributed by atoms with van der Waals surface area (Å²) in [6, 6.07) is 0. The van der Waals surface area contributed by atoms with Crippen molar-refractivity contribution in [2.75, 3.05) is 6.61 Å². The van der Waals surface area contributed by atoms with Crippen LogP contribution < -0.4 is 0 Å². The van der Waals surface area contributed by atoms with Crippen LogP contribution in [0.15, 0.2) is 12.2 Å². The zero-order valence-corrected chi connectivity index (χ0v) is 7.21. The molecule has 1 aliphatic heterocycles. The standard InChI is InChI=1S/C9H16O2/c1-9(2,10)6-5-8-4-3-7-11-8/h5-6,8,10H,3-4,7H2,1-2H3/b6-5+. The van der Waals surface area contributed by atoms with Gasteiger partial charge in [0, 0.05) is 6.61 Å². The van der Waals surface area contributed by atoms with Crippen molar-refractivity contribution in [2.24, 2.45) is 0 Å². The molecule has 1 unspecified atom stereocenters. The van der Waals surface area contributed by atoms with Crippen molar-refractivity contribution in [3.05, 3.63) is 12.2 Å². The molecule has 0 radical (unpaired) electrons. The van der Waals surface area contributed by atoms with Gasteiger partial charge in [-0.2, -0.15) is 0 Å². The van der Waals surface area contributed by atoms with Crippen molar-refractivity contribution in [1.82, 2.24) is 0 Å². The molecule has 0 aromatic carbocycles. The summed E-state index contributed by atoms with van der Waals surface area (Å²) < 4.78 is 5.35. The van der Waals surface area contributed by atoms with Crippen molar-refractivity contribution >= 4 is 0 Å². The van der Waals surface area contributed by atoms with Gasteiger partial charge in [-0.25, -0.2) is 0 Å². The molecule has 0 spiro atoms. The molecule has 1 atom stereocenters. The topological polar surface area (TPSA) is 29.5 Å². The van der Waals surface area contributed by atoms with E-state index >= 15 is 0 Å². The Bertz CT molecular complexity index is 138. The van der Waals surface area contributed by atoms with Crippen molar-refractivity contribution in [3.63, 3.8) is 0 Å². The number of ether oxygens (including phenoxy) is 1. The first kappa shape index (κ1) is 8.75. The number of hydrogen-bond donors (Lipinski definition) is 1. The van der Waals surface area contributed by atoms with Gasteiger partial charge in [-0.05, 0) is 26.7 Å². The van der Waals surface area contributed by atoms with Gasteiger partial charge < -0.3 is 9.84 Å². The lowest BCUT2D eigenvalue weighted by atomic mass is 10.1. The molecule has 1 rings (SSSR count). The fraction of sp³-hybridized carbons (Fsp3) is 0.778. The van der Waals surface area contributed by atoms with Crippen LogP contribution in [-0.4, -0.2) is 23.4 Å². The Hall–Kier alpha value is -0.340. The van der Waals surface area contributed by atoms with E-state index in [0.717, 1.165) is 19.4 Å². The van der Waals surface area contributed by atoms with Gasteiger partial charge >= 0.3 is 0 Å². The summed E-state index contributed by atoms with van der Waals surface area (Å²) >= 11 is 0. The summed E-state index contributed by atoms with van der Waals surface area (Å²) in [4.78, 5) is 0. The van der Waals surface area contributed by atoms with Crippen LogP contribution in [0.4, 0.5) is 0 Å². The van der Waals surface area contributed by atoms with E-state index in [9.17, 15) is 5.11 Å². The molecule has 1 N–H and O–H groups in total. The van der Waals surface area contributed by atoms with E-state index in [4.69, 9.17) is 4.74 Å². The molecule has 0 amide bonds. The lowest BCUT2D eigenvalue weighted by Crippen LogP contribution is -2.15. The molecule has 1 saturated heterocycles. The minimum Gasteiger partial charge on any atom is -0.386 e. The number of rotatable bonds is 2. The maximum atomic E-state index is 9.34. The summed E-state index contributed by atoms with van der Waals surface area (Å²) in [7, 11) is 0. The van der Waals surface area contributed by atoms with Gasteiger partial charge in [0.1, 0.15) is 0 Å². The summed E-state index contributed by atoms with van der Waals surface area (Å²) in [6.45, 7) is 4.39. The van der Waals surface area contributed by atoms with E-state index < -0.39 is 5.60 Å². The van der Waals surface area contributed by atoms with Crippen LogP contribution in [-0.2, 0) is 4.74 Å². The van der Waals surface area contributed by atoms with Crippen LogP contribution in [0.2, 0.25) is 0 Å². The zero-order chi connectivity index (χ0) is 8.32. The highest BCUT2D eigenvalue weighted by Crippen LogP contribution is 2.14. The molecule has 2 heteroatoms. The average Bonchev–Trinajstić information content (AvgIpc) is 2.32. The summed E-state index contributed by atoms with van der Waals surface area (Å²) in [6.07, 6.45) is 6.21. The quantitative estimate of drug-likeness (QED) is 0.614. The van der Waals surface area contributed by atoms with Gasteiger partial charge in [0.25, 0.3) is 0 Å². The van der Waals surface area contributed by atoms with Crippen molar-refractivity contribution in [3.8, 4) is 0 Å². The van der Waals surface area contributed by atoms with Crippen molar-refractivity contribution in [2.45, 2.75) is 38.4 Å². The van der Waals surface area contributed by atoms with Gasteiger partial charge in [-0.15, -0.1) is 0 Å². The normalized spacial score (nSPS) is 26.6. The highest BCUT2D eigenvalue weighted by atomic mass is 16.5. The van der Waals surface area contributed by atoms with Crippen molar-refractivity contribution < 1.29 is 9.84 Å². The average molecular weight is 156 g/mol. The molecule has 0 aliphatic carbocycles. The van der Waals surface area contributed by atoms with Crippen LogP contribution in [0.3, 0.4) is 0 Å². The Morgan fingerprint density at radius 2 is 2.27 bits per heavy atom. The van der Waals surface area contributed by atoms with Crippen LogP contribution in [0.1, 0.15) is 26.7 Å². The largest absolute Gasteiger partial charge is 0.386 e. The second-order valence-electron chi connectivity index (χ2n) is 3.56. The van der Waals surface area contributed by atoms with Crippen LogP contribution in [0.25, 0.3) is 0 Å². The second kappa shape index (κ2) is 3.37. The Morgan fingerprint density at radius 3 is 2.73 bits per heavy atom. The minimum absolute atomic E-state index is 0.237. The van der Waals surface area contributed by atoms with Crippen LogP contribution >= 0.6 is 0 Å². The maximum absolute atomic E-state index is 9.34. The predicted octanol–water partition coefficient (Wildman–Crippen LogP) is 1.49. The third-order valence-electron chi connectivity index (χ3n) is 1.68. The Morgan fingerprint density at radius 1 is 1.55 bits per heavy atom. The lowest BCUT2D eigenvalue weighted by molar-refractivity contribution is 0.123. The highest BCUT2D eigenvalue weighted by molar-refractivity contribution is 5.00. The molecule has 0 bridgehead atoms. The van der Waals surface area contributed by atoms with Gasteiger partial charge in [0.2, 0.25) is 0 Å². The third kappa shape index (κ3) is 3.54. The van der Waals surface area contributed by atoms with E-state index in [1.54, 1.807) is 19.9 Å². The predicted molar refractivity (Wildman–Crippen MR) is 44.4 cm³/mol. The van der Waals surface area contributed by atoms with E-state index in [2.05, 4.69) is 0 Å². The van der Waals surface area contributed by atoms with Crippen molar-refractivity contribution in [1.29, 1.82) is 0 Å². The van der Waals surface area contributed by atoms with E-state index in [0.29, 0.717) is 0 Å².